The number of hydrogen-bond donors (Lipinski definition) is 0. The molecular weight excluding hydrogens is 264 g/mol. The average Bonchev–Trinajstić information content (AvgIpc) is 2.49. The Morgan fingerprint density at radius 1 is 1.24 bits per heavy atom. The molecule has 2 atom stereocenters. The minimum Gasteiger partial charge on any atom is -0.469 e. The van der Waals surface area contributed by atoms with Crippen LogP contribution in [0.3, 0.4) is 0 Å². The van der Waals surface area contributed by atoms with E-state index in [1.54, 1.807) is 0 Å². The lowest BCUT2D eigenvalue weighted by molar-refractivity contribution is -0.153. The maximum atomic E-state index is 12.4. The normalized spacial score (nSPS) is 20.9. The smallest absolute Gasteiger partial charge is 0.311 e. The van der Waals surface area contributed by atoms with Crippen LogP contribution in [-0.2, 0) is 14.3 Å². The van der Waals surface area contributed by atoms with Crippen LogP contribution >= 0.6 is 0 Å². The van der Waals surface area contributed by atoms with Crippen LogP contribution < -0.4 is 0 Å². The van der Waals surface area contributed by atoms with E-state index in [-0.39, 0.29) is 23.6 Å². The first-order chi connectivity index (χ1) is 9.98. The average molecular weight is 288 g/mol. The molecule has 0 bridgehead atoms. The van der Waals surface area contributed by atoms with Gasteiger partial charge in [0.15, 0.2) is 0 Å². The number of esters is 1. The number of Topliss-reactive ketones (excluding diaryl/α,β-unsaturated/α-hetero) is 1. The van der Waals surface area contributed by atoms with E-state index in [1.807, 2.05) is 44.2 Å². The predicted octanol–water partition coefficient (Wildman–Crippen LogP) is 3.73. The molecule has 1 fully saturated rings. The van der Waals surface area contributed by atoms with E-state index in [4.69, 9.17) is 4.74 Å². The summed E-state index contributed by atoms with van der Waals surface area (Å²) in [4.78, 5) is 24.7. The summed E-state index contributed by atoms with van der Waals surface area (Å²) in [6.07, 6.45) is 3.51. The lowest BCUT2D eigenvalue weighted by atomic mass is 9.64. The molecule has 0 aromatic heterocycles. The van der Waals surface area contributed by atoms with Crippen LogP contribution in [0.5, 0.6) is 0 Å². The van der Waals surface area contributed by atoms with Crippen molar-refractivity contribution in [1.82, 2.24) is 0 Å². The van der Waals surface area contributed by atoms with Gasteiger partial charge in [-0.25, -0.2) is 0 Å². The highest BCUT2D eigenvalue weighted by Gasteiger charge is 2.45. The van der Waals surface area contributed by atoms with Crippen molar-refractivity contribution in [2.75, 3.05) is 7.11 Å². The zero-order valence-electron chi connectivity index (χ0n) is 13.1. The molecule has 1 aromatic rings. The van der Waals surface area contributed by atoms with Gasteiger partial charge in [0.2, 0.25) is 0 Å². The molecule has 0 aliphatic heterocycles. The molecule has 1 aliphatic rings. The first-order valence-corrected chi connectivity index (χ1v) is 7.64. The summed E-state index contributed by atoms with van der Waals surface area (Å²) >= 11 is 0. The van der Waals surface area contributed by atoms with Crippen molar-refractivity contribution in [3.8, 4) is 0 Å². The standard InChI is InChI=1S/C18H24O3/c1-18(2,17(20)21-3)16(13-9-5-4-6-10-13)14-11-7-8-12-15(14)19/h4-6,9-10,14,16H,7-8,11-12H2,1-3H3/t14-,16-/m1/s1. The molecule has 1 saturated carbocycles. The molecule has 21 heavy (non-hydrogen) atoms. The molecule has 3 nitrogen and oxygen atoms in total. The van der Waals surface area contributed by atoms with Crippen molar-refractivity contribution in [3.63, 3.8) is 0 Å². The third kappa shape index (κ3) is 3.17. The molecule has 0 radical (unpaired) electrons. The van der Waals surface area contributed by atoms with Crippen LogP contribution in [0.15, 0.2) is 30.3 Å². The molecule has 0 amide bonds. The molecule has 0 unspecified atom stereocenters. The molecule has 0 heterocycles. The lowest BCUT2D eigenvalue weighted by Gasteiger charge is -2.38. The Bertz CT molecular complexity index is 504. The topological polar surface area (TPSA) is 43.4 Å². The minimum atomic E-state index is -0.715. The van der Waals surface area contributed by atoms with Crippen molar-refractivity contribution in [3.05, 3.63) is 35.9 Å². The van der Waals surface area contributed by atoms with Gasteiger partial charge in [0.05, 0.1) is 12.5 Å². The van der Waals surface area contributed by atoms with Gasteiger partial charge in [-0.05, 0) is 32.3 Å². The minimum absolute atomic E-state index is 0.0877. The van der Waals surface area contributed by atoms with E-state index >= 15 is 0 Å². The van der Waals surface area contributed by atoms with Gasteiger partial charge >= 0.3 is 5.97 Å². The van der Waals surface area contributed by atoms with Gasteiger partial charge < -0.3 is 4.74 Å². The van der Waals surface area contributed by atoms with E-state index in [9.17, 15) is 9.59 Å². The fourth-order valence-corrected chi connectivity index (χ4v) is 3.56. The third-order valence-corrected chi connectivity index (χ3v) is 4.65. The highest BCUT2D eigenvalue weighted by atomic mass is 16.5. The van der Waals surface area contributed by atoms with E-state index in [0.29, 0.717) is 6.42 Å². The number of rotatable bonds is 4. The van der Waals surface area contributed by atoms with Gasteiger partial charge in [-0.15, -0.1) is 0 Å². The summed E-state index contributed by atoms with van der Waals surface area (Å²) < 4.78 is 4.99. The Labute approximate surface area is 126 Å². The van der Waals surface area contributed by atoms with E-state index in [1.165, 1.54) is 7.11 Å². The van der Waals surface area contributed by atoms with Gasteiger partial charge in [0, 0.05) is 18.3 Å². The number of carbonyl (C=O) groups excluding carboxylic acids is 2. The Kier molecular flexibility index (Phi) is 4.81. The van der Waals surface area contributed by atoms with E-state index in [0.717, 1.165) is 24.8 Å². The molecule has 1 aromatic carbocycles. The van der Waals surface area contributed by atoms with Gasteiger partial charge in [0.25, 0.3) is 0 Å². The molecule has 114 valence electrons. The Morgan fingerprint density at radius 3 is 2.48 bits per heavy atom. The monoisotopic (exact) mass is 288 g/mol. The molecular formula is C18H24O3. The number of benzene rings is 1. The van der Waals surface area contributed by atoms with Crippen LogP contribution in [-0.4, -0.2) is 18.9 Å². The quantitative estimate of drug-likeness (QED) is 0.793. The summed E-state index contributed by atoms with van der Waals surface area (Å²) in [5.74, 6) is -0.184. The SMILES string of the molecule is COC(=O)C(C)(C)[C@H](c1ccccc1)[C@@H]1CCCCC1=O. The van der Waals surface area contributed by atoms with Crippen molar-refractivity contribution in [1.29, 1.82) is 0 Å². The van der Waals surface area contributed by atoms with Crippen molar-refractivity contribution >= 4 is 11.8 Å². The van der Waals surface area contributed by atoms with Crippen LogP contribution in [0.25, 0.3) is 0 Å². The van der Waals surface area contributed by atoms with E-state index < -0.39 is 5.41 Å². The summed E-state index contributed by atoms with van der Waals surface area (Å²) in [6.45, 7) is 3.77. The van der Waals surface area contributed by atoms with E-state index in [2.05, 4.69) is 0 Å². The van der Waals surface area contributed by atoms with Gasteiger partial charge in [-0.2, -0.15) is 0 Å². The predicted molar refractivity (Wildman–Crippen MR) is 81.9 cm³/mol. The second-order valence-corrected chi connectivity index (χ2v) is 6.42. The molecule has 3 heteroatoms. The molecule has 0 spiro atoms. The largest absolute Gasteiger partial charge is 0.469 e. The highest BCUT2D eigenvalue weighted by molar-refractivity contribution is 5.85. The van der Waals surface area contributed by atoms with Gasteiger partial charge in [0.1, 0.15) is 5.78 Å². The van der Waals surface area contributed by atoms with Crippen molar-refractivity contribution in [2.45, 2.75) is 45.4 Å². The molecule has 1 aliphatic carbocycles. The first kappa shape index (κ1) is 15.7. The maximum absolute atomic E-state index is 12.4. The number of carbonyl (C=O) groups is 2. The molecule has 0 N–H and O–H groups in total. The fraction of sp³-hybridized carbons (Fsp3) is 0.556. The Morgan fingerprint density at radius 2 is 1.90 bits per heavy atom. The lowest BCUT2D eigenvalue weighted by Crippen LogP contribution is -2.40. The number of ketones is 1. The summed E-state index contributed by atoms with van der Waals surface area (Å²) in [5, 5.41) is 0. The van der Waals surface area contributed by atoms with Crippen LogP contribution in [0.4, 0.5) is 0 Å². The number of hydrogen-bond acceptors (Lipinski definition) is 3. The summed E-state index contributed by atoms with van der Waals surface area (Å²) in [7, 11) is 1.41. The Balaban J connectivity index is 2.44. The second-order valence-electron chi connectivity index (χ2n) is 6.42. The maximum Gasteiger partial charge on any atom is 0.311 e. The van der Waals surface area contributed by atoms with Gasteiger partial charge in [-0.1, -0.05) is 36.8 Å². The molecule has 2 rings (SSSR count). The third-order valence-electron chi connectivity index (χ3n) is 4.65. The molecule has 0 saturated heterocycles. The number of methoxy groups -OCH3 is 1. The summed E-state index contributed by atoms with van der Waals surface area (Å²) in [6, 6.07) is 9.90. The zero-order chi connectivity index (χ0) is 15.5. The zero-order valence-corrected chi connectivity index (χ0v) is 13.1. The Hall–Kier alpha value is -1.64. The number of ether oxygens (including phenoxy) is 1. The van der Waals surface area contributed by atoms with Crippen molar-refractivity contribution < 1.29 is 14.3 Å². The van der Waals surface area contributed by atoms with Crippen molar-refractivity contribution in [2.24, 2.45) is 11.3 Å². The fourth-order valence-electron chi connectivity index (χ4n) is 3.56. The van der Waals surface area contributed by atoms with Crippen LogP contribution in [0, 0.1) is 11.3 Å². The summed E-state index contributed by atoms with van der Waals surface area (Å²) in [5.41, 5.74) is 0.335. The van der Waals surface area contributed by atoms with Gasteiger partial charge in [-0.3, -0.25) is 9.59 Å². The second kappa shape index (κ2) is 6.42. The van der Waals surface area contributed by atoms with Crippen LogP contribution in [0.2, 0.25) is 0 Å². The van der Waals surface area contributed by atoms with Crippen LogP contribution in [0.1, 0.15) is 51.0 Å². The first-order valence-electron chi connectivity index (χ1n) is 7.64. The highest BCUT2D eigenvalue weighted by Crippen LogP contribution is 2.46.